The molecule has 1 aromatic carbocycles. The van der Waals surface area contributed by atoms with E-state index in [1.54, 1.807) is 7.11 Å². The van der Waals surface area contributed by atoms with E-state index in [1.165, 1.54) is 42.4 Å². The van der Waals surface area contributed by atoms with Crippen molar-refractivity contribution in [2.45, 2.75) is 52.5 Å². The highest BCUT2D eigenvalue weighted by atomic mass is 16.5. The molecule has 2 heteroatoms. The van der Waals surface area contributed by atoms with Gasteiger partial charge < -0.3 is 10.5 Å². The molecule has 0 amide bonds. The maximum atomic E-state index is 6.56. The molecule has 106 valence electrons. The average molecular weight is 261 g/mol. The first-order chi connectivity index (χ1) is 9.06. The van der Waals surface area contributed by atoms with Crippen molar-refractivity contribution in [2.24, 2.45) is 17.6 Å². The largest absolute Gasteiger partial charge is 0.496 e. The third kappa shape index (κ3) is 2.94. The monoisotopic (exact) mass is 261 g/mol. The number of methoxy groups -OCH3 is 1. The molecule has 0 spiro atoms. The van der Waals surface area contributed by atoms with Crippen molar-refractivity contribution in [3.8, 4) is 5.75 Å². The fraction of sp³-hybridized carbons (Fsp3) is 0.647. The van der Waals surface area contributed by atoms with Crippen molar-refractivity contribution >= 4 is 0 Å². The lowest BCUT2D eigenvalue weighted by Crippen LogP contribution is -2.21. The van der Waals surface area contributed by atoms with Crippen LogP contribution in [0.4, 0.5) is 0 Å². The number of hydrogen-bond donors (Lipinski definition) is 1. The standard InChI is InChI=1S/C17H27NO/c1-5-13-6-7-14(10-13)17(18)16-12(3)8-11(2)9-15(16)19-4/h8-9,13-14,17H,5-7,10,18H2,1-4H3. The Hall–Kier alpha value is -1.02. The summed E-state index contributed by atoms with van der Waals surface area (Å²) in [6, 6.07) is 4.44. The summed E-state index contributed by atoms with van der Waals surface area (Å²) in [7, 11) is 1.74. The second kappa shape index (κ2) is 5.96. The van der Waals surface area contributed by atoms with Gasteiger partial charge in [-0.25, -0.2) is 0 Å². The van der Waals surface area contributed by atoms with E-state index in [-0.39, 0.29) is 6.04 Å². The smallest absolute Gasteiger partial charge is 0.124 e. The Labute approximate surface area is 117 Å². The number of benzene rings is 1. The van der Waals surface area contributed by atoms with E-state index in [2.05, 4.69) is 32.9 Å². The minimum atomic E-state index is 0.118. The Balaban J connectivity index is 2.26. The van der Waals surface area contributed by atoms with Crippen LogP contribution in [-0.2, 0) is 0 Å². The van der Waals surface area contributed by atoms with Gasteiger partial charge in [-0.3, -0.25) is 0 Å². The van der Waals surface area contributed by atoms with Gasteiger partial charge in [-0.1, -0.05) is 25.8 Å². The second-order valence-electron chi connectivity index (χ2n) is 6.07. The molecule has 19 heavy (non-hydrogen) atoms. The van der Waals surface area contributed by atoms with E-state index in [4.69, 9.17) is 10.5 Å². The van der Waals surface area contributed by atoms with Gasteiger partial charge in [0.1, 0.15) is 5.75 Å². The molecule has 0 radical (unpaired) electrons. The van der Waals surface area contributed by atoms with Crippen molar-refractivity contribution in [1.82, 2.24) is 0 Å². The Morgan fingerprint density at radius 3 is 2.63 bits per heavy atom. The van der Waals surface area contributed by atoms with Crippen molar-refractivity contribution in [1.29, 1.82) is 0 Å². The summed E-state index contributed by atoms with van der Waals surface area (Å²) in [6.45, 7) is 6.54. The first kappa shape index (κ1) is 14.4. The molecule has 1 aromatic rings. The van der Waals surface area contributed by atoms with Gasteiger partial charge in [-0.15, -0.1) is 0 Å². The van der Waals surface area contributed by atoms with Crippen LogP contribution >= 0.6 is 0 Å². The summed E-state index contributed by atoms with van der Waals surface area (Å²) in [5.74, 6) is 2.44. The molecule has 3 atom stereocenters. The zero-order valence-corrected chi connectivity index (χ0v) is 12.7. The van der Waals surface area contributed by atoms with Gasteiger partial charge in [0.25, 0.3) is 0 Å². The molecule has 3 unspecified atom stereocenters. The number of nitrogens with two attached hydrogens (primary N) is 1. The van der Waals surface area contributed by atoms with Crippen LogP contribution in [0, 0.1) is 25.7 Å². The van der Waals surface area contributed by atoms with Gasteiger partial charge in [0.05, 0.1) is 7.11 Å². The molecular formula is C17H27NO. The molecule has 0 heterocycles. The first-order valence-electron chi connectivity index (χ1n) is 7.47. The Morgan fingerprint density at radius 1 is 1.32 bits per heavy atom. The molecular weight excluding hydrogens is 234 g/mol. The molecule has 1 aliphatic rings. The van der Waals surface area contributed by atoms with Gasteiger partial charge in [-0.05, 0) is 55.7 Å². The van der Waals surface area contributed by atoms with Gasteiger partial charge in [0.15, 0.2) is 0 Å². The fourth-order valence-corrected chi connectivity index (χ4v) is 3.58. The lowest BCUT2D eigenvalue weighted by molar-refractivity contribution is 0.376. The van der Waals surface area contributed by atoms with E-state index in [9.17, 15) is 0 Å². The van der Waals surface area contributed by atoms with Gasteiger partial charge in [-0.2, -0.15) is 0 Å². The highest BCUT2D eigenvalue weighted by Crippen LogP contribution is 2.42. The predicted octanol–water partition coefficient (Wildman–Crippen LogP) is 4.14. The topological polar surface area (TPSA) is 35.2 Å². The Kier molecular flexibility index (Phi) is 4.51. The molecule has 1 aliphatic carbocycles. The maximum absolute atomic E-state index is 6.56. The van der Waals surface area contributed by atoms with E-state index >= 15 is 0 Å². The van der Waals surface area contributed by atoms with Crippen LogP contribution in [0.1, 0.15) is 55.3 Å². The van der Waals surface area contributed by atoms with E-state index < -0.39 is 0 Å². The fourth-order valence-electron chi connectivity index (χ4n) is 3.58. The molecule has 2 N–H and O–H groups in total. The highest BCUT2D eigenvalue weighted by Gasteiger charge is 2.31. The number of aryl methyl sites for hydroxylation is 2. The summed E-state index contributed by atoms with van der Waals surface area (Å²) < 4.78 is 5.56. The average Bonchev–Trinajstić information content (AvgIpc) is 2.85. The molecule has 0 saturated heterocycles. The number of hydrogen-bond acceptors (Lipinski definition) is 2. The van der Waals surface area contributed by atoms with Crippen molar-refractivity contribution in [2.75, 3.05) is 7.11 Å². The molecule has 0 aromatic heterocycles. The number of rotatable bonds is 4. The lowest BCUT2D eigenvalue weighted by Gasteiger charge is -2.24. The van der Waals surface area contributed by atoms with Crippen LogP contribution in [0.25, 0.3) is 0 Å². The summed E-state index contributed by atoms with van der Waals surface area (Å²) in [5, 5.41) is 0. The summed E-state index contributed by atoms with van der Waals surface area (Å²) >= 11 is 0. The molecule has 0 bridgehead atoms. The van der Waals surface area contributed by atoms with Crippen LogP contribution < -0.4 is 10.5 Å². The predicted molar refractivity (Wildman–Crippen MR) is 80.5 cm³/mol. The van der Waals surface area contributed by atoms with Crippen LogP contribution in [0.2, 0.25) is 0 Å². The Morgan fingerprint density at radius 2 is 2.05 bits per heavy atom. The molecule has 1 saturated carbocycles. The minimum Gasteiger partial charge on any atom is -0.496 e. The first-order valence-corrected chi connectivity index (χ1v) is 7.47. The van der Waals surface area contributed by atoms with Crippen LogP contribution in [0.5, 0.6) is 5.75 Å². The van der Waals surface area contributed by atoms with E-state index in [0.29, 0.717) is 5.92 Å². The van der Waals surface area contributed by atoms with Crippen molar-refractivity contribution in [3.05, 3.63) is 28.8 Å². The summed E-state index contributed by atoms with van der Waals surface area (Å²) in [5.41, 5.74) is 10.3. The zero-order valence-electron chi connectivity index (χ0n) is 12.7. The van der Waals surface area contributed by atoms with Crippen LogP contribution in [-0.4, -0.2) is 7.11 Å². The molecule has 2 rings (SSSR count). The summed E-state index contributed by atoms with van der Waals surface area (Å²) in [4.78, 5) is 0. The molecule has 2 nitrogen and oxygen atoms in total. The molecule has 1 fully saturated rings. The van der Waals surface area contributed by atoms with E-state index in [0.717, 1.165) is 11.7 Å². The second-order valence-corrected chi connectivity index (χ2v) is 6.07. The van der Waals surface area contributed by atoms with Crippen LogP contribution in [0.15, 0.2) is 12.1 Å². The van der Waals surface area contributed by atoms with E-state index in [1.807, 2.05) is 0 Å². The van der Waals surface area contributed by atoms with Gasteiger partial charge in [0, 0.05) is 11.6 Å². The quantitative estimate of drug-likeness (QED) is 0.884. The zero-order chi connectivity index (χ0) is 14.0. The molecule has 0 aliphatic heterocycles. The van der Waals surface area contributed by atoms with Gasteiger partial charge >= 0.3 is 0 Å². The van der Waals surface area contributed by atoms with Crippen LogP contribution in [0.3, 0.4) is 0 Å². The highest BCUT2D eigenvalue weighted by molar-refractivity contribution is 5.45. The summed E-state index contributed by atoms with van der Waals surface area (Å²) in [6.07, 6.45) is 5.15. The third-order valence-corrected chi connectivity index (χ3v) is 4.71. The van der Waals surface area contributed by atoms with Crippen molar-refractivity contribution < 1.29 is 4.74 Å². The maximum Gasteiger partial charge on any atom is 0.124 e. The lowest BCUT2D eigenvalue weighted by atomic mass is 9.87. The van der Waals surface area contributed by atoms with Crippen molar-refractivity contribution in [3.63, 3.8) is 0 Å². The minimum absolute atomic E-state index is 0.118. The number of ether oxygens (including phenoxy) is 1. The van der Waals surface area contributed by atoms with Gasteiger partial charge in [0.2, 0.25) is 0 Å². The SMILES string of the molecule is CCC1CCC(C(N)c2c(C)cc(C)cc2OC)C1. The third-order valence-electron chi connectivity index (χ3n) is 4.71. The Bertz CT molecular complexity index is 441. The normalized spacial score (nSPS) is 24.5.